The van der Waals surface area contributed by atoms with Crippen LogP contribution in [-0.2, 0) is 9.59 Å². The molecule has 2 saturated carbocycles. The van der Waals surface area contributed by atoms with Crippen LogP contribution in [0, 0.1) is 29.6 Å². The summed E-state index contributed by atoms with van der Waals surface area (Å²) in [5, 5.41) is 9.12. The second kappa shape index (κ2) is 4.80. The van der Waals surface area contributed by atoms with Gasteiger partial charge in [-0.25, -0.2) is 0 Å². The number of fused-ring (bicyclic) bond motifs is 1. The molecular weight excluding hydrogens is 242 g/mol. The van der Waals surface area contributed by atoms with Gasteiger partial charge in [-0.3, -0.25) is 9.59 Å². The third-order valence-corrected chi connectivity index (χ3v) is 5.48. The van der Waals surface area contributed by atoms with E-state index in [1.165, 1.54) is 25.7 Å². The highest BCUT2D eigenvalue weighted by molar-refractivity contribution is 5.83. The predicted octanol–water partition coefficient (Wildman–Crippen LogP) is 1.99. The zero-order chi connectivity index (χ0) is 13.6. The number of carbonyl (C=O) groups is 2. The summed E-state index contributed by atoms with van der Waals surface area (Å²) in [5.74, 6) is 0.979. The first-order chi connectivity index (χ1) is 9.09. The van der Waals surface area contributed by atoms with Crippen molar-refractivity contribution in [2.24, 2.45) is 29.6 Å². The van der Waals surface area contributed by atoms with E-state index in [2.05, 4.69) is 0 Å². The first kappa shape index (κ1) is 12.9. The van der Waals surface area contributed by atoms with Crippen molar-refractivity contribution in [1.82, 2.24) is 4.90 Å². The Hall–Kier alpha value is -1.06. The molecule has 0 aromatic rings. The monoisotopic (exact) mass is 265 g/mol. The van der Waals surface area contributed by atoms with Crippen LogP contribution in [0.1, 0.15) is 39.0 Å². The molecule has 4 atom stereocenters. The van der Waals surface area contributed by atoms with Crippen molar-refractivity contribution in [3.05, 3.63) is 0 Å². The van der Waals surface area contributed by atoms with Crippen molar-refractivity contribution in [2.45, 2.75) is 39.0 Å². The Balaban J connectivity index is 1.59. The minimum Gasteiger partial charge on any atom is -0.481 e. The lowest BCUT2D eigenvalue weighted by atomic mass is 9.87. The maximum Gasteiger partial charge on any atom is 0.306 e. The van der Waals surface area contributed by atoms with Crippen molar-refractivity contribution in [1.29, 1.82) is 0 Å². The van der Waals surface area contributed by atoms with Gasteiger partial charge in [0.05, 0.1) is 5.92 Å². The van der Waals surface area contributed by atoms with Crippen molar-refractivity contribution >= 4 is 11.9 Å². The summed E-state index contributed by atoms with van der Waals surface area (Å²) >= 11 is 0. The minimum absolute atomic E-state index is 0.0796. The Morgan fingerprint density at radius 3 is 2.26 bits per heavy atom. The fraction of sp³-hybridized carbons (Fsp3) is 0.867. The van der Waals surface area contributed by atoms with Crippen LogP contribution in [0.2, 0.25) is 0 Å². The molecule has 4 heteroatoms. The molecule has 0 spiro atoms. The number of carboxylic acids is 1. The van der Waals surface area contributed by atoms with E-state index < -0.39 is 5.97 Å². The van der Waals surface area contributed by atoms with Crippen molar-refractivity contribution in [3.8, 4) is 0 Å². The molecule has 0 radical (unpaired) electrons. The number of amides is 1. The molecule has 2 aliphatic carbocycles. The lowest BCUT2D eigenvalue weighted by Crippen LogP contribution is -2.45. The second-order valence-electron chi connectivity index (χ2n) is 6.63. The number of aliphatic carboxylic acids is 1. The fourth-order valence-corrected chi connectivity index (χ4v) is 4.28. The summed E-state index contributed by atoms with van der Waals surface area (Å²) in [6.07, 6.45) is 5.62. The molecule has 3 rings (SSSR count). The number of likely N-dealkylation sites (tertiary alicyclic amines) is 1. The molecule has 0 aromatic carbocycles. The third-order valence-electron chi connectivity index (χ3n) is 5.48. The normalized spacial score (nSPS) is 41.5. The molecule has 106 valence electrons. The van der Waals surface area contributed by atoms with E-state index in [0.717, 1.165) is 0 Å². The van der Waals surface area contributed by atoms with Crippen LogP contribution in [0.25, 0.3) is 0 Å². The standard InChI is InChI=1S/C15H23NO3/c1-9-8-16(7-6-10(9)15(18)19)14(17)13-11-4-2-3-5-12(11)13/h9-13H,2-8H2,1H3,(H,18,19). The molecule has 3 fully saturated rings. The lowest BCUT2D eigenvalue weighted by molar-refractivity contribution is -0.148. The van der Waals surface area contributed by atoms with Crippen molar-refractivity contribution < 1.29 is 14.7 Å². The largest absolute Gasteiger partial charge is 0.481 e. The maximum atomic E-state index is 12.5. The van der Waals surface area contributed by atoms with Gasteiger partial charge in [-0.05, 0) is 37.0 Å². The number of nitrogens with zero attached hydrogens (tertiary/aromatic N) is 1. The first-order valence-corrected chi connectivity index (χ1v) is 7.61. The van der Waals surface area contributed by atoms with E-state index >= 15 is 0 Å². The average Bonchev–Trinajstić information content (AvgIpc) is 3.11. The third kappa shape index (κ3) is 2.26. The van der Waals surface area contributed by atoms with Gasteiger partial charge < -0.3 is 10.0 Å². The highest BCUT2D eigenvalue weighted by Crippen LogP contribution is 2.56. The quantitative estimate of drug-likeness (QED) is 0.830. The average molecular weight is 265 g/mol. The summed E-state index contributed by atoms with van der Waals surface area (Å²) in [7, 11) is 0. The van der Waals surface area contributed by atoms with Crippen molar-refractivity contribution in [2.75, 3.05) is 13.1 Å². The molecular formula is C15H23NO3. The van der Waals surface area contributed by atoms with E-state index in [0.29, 0.717) is 37.3 Å². The Morgan fingerprint density at radius 2 is 1.74 bits per heavy atom. The number of carboxylic acid groups (broad SMARTS) is 1. The van der Waals surface area contributed by atoms with E-state index in [9.17, 15) is 9.59 Å². The van der Waals surface area contributed by atoms with Gasteiger partial charge in [0.15, 0.2) is 0 Å². The van der Waals surface area contributed by atoms with Gasteiger partial charge in [0.2, 0.25) is 5.91 Å². The van der Waals surface area contributed by atoms with E-state index in [-0.39, 0.29) is 17.8 Å². The van der Waals surface area contributed by atoms with Crippen LogP contribution in [0.3, 0.4) is 0 Å². The number of hydrogen-bond acceptors (Lipinski definition) is 2. The second-order valence-corrected chi connectivity index (χ2v) is 6.63. The summed E-state index contributed by atoms with van der Waals surface area (Å²) in [5.41, 5.74) is 0. The summed E-state index contributed by atoms with van der Waals surface area (Å²) < 4.78 is 0. The summed E-state index contributed by atoms with van der Waals surface area (Å²) in [4.78, 5) is 25.6. The van der Waals surface area contributed by atoms with Crippen molar-refractivity contribution in [3.63, 3.8) is 0 Å². The van der Waals surface area contributed by atoms with Gasteiger partial charge in [0.25, 0.3) is 0 Å². The van der Waals surface area contributed by atoms with E-state index in [1.807, 2.05) is 11.8 Å². The Labute approximate surface area is 114 Å². The van der Waals surface area contributed by atoms with Crippen LogP contribution in [0.5, 0.6) is 0 Å². The molecule has 1 amide bonds. The van der Waals surface area contributed by atoms with Gasteiger partial charge in [-0.15, -0.1) is 0 Å². The lowest BCUT2D eigenvalue weighted by Gasteiger charge is -2.35. The summed E-state index contributed by atoms with van der Waals surface area (Å²) in [6.45, 7) is 3.22. The molecule has 4 unspecified atom stereocenters. The van der Waals surface area contributed by atoms with Crippen LogP contribution < -0.4 is 0 Å². The van der Waals surface area contributed by atoms with E-state index in [1.54, 1.807) is 0 Å². The Bertz CT molecular complexity index is 383. The predicted molar refractivity (Wildman–Crippen MR) is 70.4 cm³/mol. The topological polar surface area (TPSA) is 57.6 Å². The minimum atomic E-state index is -0.709. The highest BCUT2D eigenvalue weighted by Gasteiger charge is 2.56. The van der Waals surface area contributed by atoms with Crippen LogP contribution in [0.4, 0.5) is 0 Å². The van der Waals surface area contributed by atoms with E-state index in [4.69, 9.17) is 5.11 Å². The van der Waals surface area contributed by atoms with Gasteiger partial charge in [-0.2, -0.15) is 0 Å². The number of carbonyl (C=O) groups excluding carboxylic acids is 1. The van der Waals surface area contributed by atoms with Gasteiger partial charge in [0.1, 0.15) is 0 Å². The Kier molecular flexibility index (Phi) is 3.27. The summed E-state index contributed by atoms with van der Waals surface area (Å²) in [6, 6.07) is 0. The number of hydrogen-bond donors (Lipinski definition) is 1. The highest BCUT2D eigenvalue weighted by atomic mass is 16.4. The SMILES string of the molecule is CC1CN(C(=O)C2C3CCCCC32)CCC1C(=O)O. The molecule has 1 aliphatic heterocycles. The fourth-order valence-electron chi connectivity index (χ4n) is 4.28. The number of piperidine rings is 1. The Morgan fingerprint density at radius 1 is 1.11 bits per heavy atom. The zero-order valence-corrected chi connectivity index (χ0v) is 11.5. The molecule has 0 bridgehead atoms. The molecule has 1 saturated heterocycles. The number of rotatable bonds is 2. The molecule has 3 aliphatic rings. The zero-order valence-electron chi connectivity index (χ0n) is 11.5. The smallest absolute Gasteiger partial charge is 0.306 e. The molecule has 0 aromatic heterocycles. The van der Waals surface area contributed by atoms with Gasteiger partial charge in [0, 0.05) is 19.0 Å². The molecule has 19 heavy (non-hydrogen) atoms. The van der Waals surface area contributed by atoms with Gasteiger partial charge >= 0.3 is 5.97 Å². The molecule has 4 nitrogen and oxygen atoms in total. The first-order valence-electron chi connectivity index (χ1n) is 7.61. The molecule has 1 N–H and O–H groups in total. The van der Waals surface area contributed by atoms with Gasteiger partial charge in [-0.1, -0.05) is 19.8 Å². The van der Waals surface area contributed by atoms with Crippen LogP contribution in [-0.4, -0.2) is 35.0 Å². The maximum absolute atomic E-state index is 12.5. The van der Waals surface area contributed by atoms with Crippen LogP contribution in [0.15, 0.2) is 0 Å². The van der Waals surface area contributed by atoms with Crippen LogP contribution >= 0.6 is 0 Å². The molecule has 1 heterocycles.